The van der Waals surface area contributed by atoms with Crippen molar-refractivity contribution < 1.29 is 9.13 Å². The molecule has 2 aromatic rings. The Morgan fingerprint density at radius 1 is 1.06 bits per heavy atom. The molecular weight excluding hydrogens is 365 g/mol. The Labute approximate surface area is 121 Å². The van der Waals surface area contributed by atoms with E-state index in [2.05, 4.69) is 31.9 Å². The molecule has 0 heterocycles. The summed E-state index contributed by atoms with van der Waals surface area (Å²) in [6.45, 7) is 0.377. The molecule has 0 aromatic heterocycles. The van der Waals surface area contributed by atoms with Gasteiger partial charge < -0.3 is 10.5 Å². The molecule has 18 heavy (non-hydrogen) atoms. The van der Waals surface area contributed by atoms with Gasteiger partial charge in [0.1, 0.15) is 18.2 Å². The number of anilines is 1. The second kappa shape index (κ2) is 5.71. The van der Waals surface area contributed by atoms with E-state index < -0.39 is 0 Å². The van der Waals surface area contributed by atoms with Crippen LogP contribution >= 0.6 is 31.9 Å². The minimum Gasteiger partial charge on any atom is -0.488 e. The fraction of sp³-hybridized carbons (Fsp3) is 0.0769. The molecule has 0 radical (unpaired) electrons. The lowest BCUT2D eigenvalue weighted by molar-refractivity contribution is 0.304. The maximum Gasteiger partial charge on any atom is 0.134 e. The number of halogens is 3. The Bertz CT molecular complexity index is 575. The third-order valence-corrected chi connectivity index (χ3v) is 3.69. The average Bonchev–Trinajstić information content (AvgIpc) is 2.32. The van der Waals surface area contributed by atoms with E-state index in [4.69, 9.17) is 10.5 Å². The fourth-order valence-electron chi connectivity index (χ4n) is 1.44. The van der Waals surface area contributed by atoms with E-state index in [-0.39, 0.29) is 5.82 Å². The molecule has 0 saturated heterocycles. The number of hydrogen-bond donors (Lipinski definition) is 1. The molecular formula is C13H10Br2FNO. The maximum absolute atomic E-state index is 12.9. The summed E-state index contributed by atoms with van der Waals surface area (Å²) in [6, 6.07) is 9.93. The first-order valence-electron chi connectivity index (χ1n) is 5.18. The molecule has 0 aliphatic rings. The van der Waals surface area contributed by atoms with Gasteiger partial charge in [-0.3, -0.25) is 0 Å². The van der Waals surface area contributed by atoms with Crippen LogP contribution in [0, 0.1) is 5.82 Å². The van der Waals surface area contributed by atoms with Crippen LogP contribution in [0.15, 0.2) is 45.3 Å². The van der Waals surface area contributed by atoms with Gasteiger partial charge in [-0.1, -0.05) is 6.07 Å². The zero-order valence-corrected chi connectivity index (χ0v) is 12.5. The van der Waals surface area contributed by atoms with E-state index in [1.165, 1.54) is 12.1 Å². The van der Waals surface area contributed by atoms with Gasteiger partial charge in [0, 0.05) is 10.2 Å². The quantitative estimate of drug-likeness (QED) is 0.802. The van der Waals surface area contributed by atoms with Crippen LogP contribution in [0.3, 0.4) is 0 Å². The Hall–Kier alpha value is -1.07. The van der Waals surface area contributed by atoms with Gasteiger partial charge in [-0.2, -0.15) is 0 Å². The van der Waals surface area contributed by atoms with Gasteiger partial charge in [0.2, 0.25) is 0 Å². The Morgan fingerprint density at radius 2 is 1.83 bits per heavy atom. The third kappa shape index (κ3) is 3.23. The molecule has 0 saturated carbocycles. The topological polar surface area (TPSA) is 35.2 Å². The third-order valence-electron chi connectivity index (χ3n) is 2.35. The Morgan fingerprint density at radius 3 is 2.50 bits per heavy atom. The predicted octanol–water partition coefficient (Wildman–Crippen LogP) is 4.51. The van der Waals surface area contributed by atoms with Crippen molar-refractivity contribution >= 4 is 37.5 Å². The van der Waals surface area contributed by atoms with Crippen LogP contribution in [-0.2, 0) is 6.61 Å². The predicted molar refractivity (Wildman–Crippen MR) is 77.0 cm³/mol. The summed E-state index contributed by atoms with van der Waals surface area (Å²) in [7, 11) is 0. The summed E-state index contributed by atoms with van der Waals surface area (Å²) in [5, 5.41) is 0. The minimum absolute atomic E-state index is 0.304. The molecule has 0 unspecified atom stereocenters. The first-order chi connectivity index (χ1) is 8.56. The highest BCUT2D eigenvalue weighted by Crippen LogP contribution is 2.27. The summed E-state index contributed by atoms with van der Waals surface area (Å²) in [5.74, 6) is 0.292. The van der Waals surface area contributed by atoms with Crippen molar-refractivity contribution in [3.63, 3.8) is 0 Å². The molecule has 0 aliphatic carbocycles. The summed E-state index contributed by atoms with van der Waals surface area (Å²) >= 11 is 6.58. The highest BCUT2D eigenvalue weighted by atomic mass is 79.9. The number of nitrogen functional groups attached to an aromatic ring is 1. The first kappa shape index (κ1) is 13.4. The number of hydrogen-bond acceptors (Lipinski definition) is 2. The lowest BCUT2D eigenvalue weighted by Crippen LogP contribution is -1.98. The molecule has 0 aliphatic heterocycles. The molecule has 94 valence electrons. The van der Waals surface area contributed by atoms with Crippen molar-refractivity contribution in [2.45, 2.75) is 6.61 Å². The highest BCUT2D eigenvalue weighted by Gasteiger charge is 2.04. The van der Waals surface area contributed by atoms with Gasteiger partial charge in [0.25, 0.3) is 0 Å². The van der Waals surface area contributed by atoms with E-state index in [0.717, 1.165) is 10.0 Å². The van der Waals surface area contributed by atoms with E-state index in [1.807, 2.05) is 18.2 Å². The van der Waals surface area contributed by atoms with Crippen LogP contribution in [0.4, 0.5) is 10.1 Å². The van der Waals surface area contributed by atoms with Crippen molar-refractivity contribution in [3.05, 3.63) is 56.7 Å². The largest absolute Gasteiger partial charge is 0.488 e. The fourth-order valence-corrected chi connectivity index (χ4v) is 2.15. The van der Waals surface area contributed by atoms with Crippen LogP contribution < -0.4 is 10.5 Å². The Kier molecular flexibility index (Phi) is 4.24. The average molecular weight is 375 g/mol. The molecule has 5 heteroatoms. The van der Waals surface area contributed by atoms with Crippen molar-refractivity contribution in [2.75, 3.05) is 5.73 Å². The van der Waals surface area contributed by atoms with Crippen LogP contribution in [0.25, 0.3) is 0 Å². The van der Waals surface area contributed by atoms with Crippen molar-refractivity contribution in [3.8, 4) is 5.75 Å². The van der Waals surface area contributed by atoms with Gasteiger partial charge in [-0.25, -0.2) is 4.39 Å². The van der Waals surface area contributed by atoms with Crippen LogP contribution in [-0.4, -0.2) is 0 Å². The zero-order valence-electron chi connectivity index (χ0n) is 9.29. The maximum atomic E-state index is 12.9. The van der Waals surface area contributed by atoms with Crippen LogP contribution in [0.5, 0.6) is 5.75 Å². The first-order valence-corrected chi connectivity index (χ1v) is 6.76. The summed E-state index contributed by atoms with van der Waals surface area (Å²) in [6.07, 6.45) is 0. The monoisotopic (exact) mass is 373 g/mol. The molecule has 2 N–H and O–H groups in total. The smallest absolute Gasteiger partial charge is 0.134 e. The molecule has 2 rings (SSSR count). The Balaban J connectivity index is 2.09. The molecule has 2 aromatic carbocycles. The number of benzene rings is 2. The molecule has 0 amide bonds. The van der Waals surface area contributed by atoms with Crippen molar-refractivity contribution in [1.29, 1.82) is 0 Å². The number of rotatable bonds is 3. The van der Waals surface area contributed by atoms with Crippen LogP contribution in [0.2, 0.25) is 0 Å². The second-order valence-electron chi connectivity index (χ2n) is 3.72. The normalized spacial score (nSPS) is 10.4. The van der Waals surface area contributed by atoms with E-state index in [1.54, 1.807) is 6.07 Å². The van der Waals surface area contributed by atoms with Gasteiger partial charge in [-0.05, 0) is 67.8 Å². The highest BCUT2D eigenvalue weighted by molar-refractivity contribution is 9.11. The molecule has 0 spiro atoms. The second-order valence-corrected chi connectivity index (χ2v) is 5.43. The van der Waals surface area contributed by atoms with E-state index in [9.17, 15) is 4.39 Å². The molecule has 2 nitrogen and oxygen atoms in total. The zero-order chi connectivity index (χ0) is 13.1. The summed E-state index contributed by atoms with van der Waals surface area (Å²) in [5.41, 5.74) is 7.39. The van der Waals surface area contributed by atoms with Gasteiger partial charge in [-0.15, -0.1) is 0 Å². The van der Waals surface area contributed by atoms with Crippen molar-refractivity contribution in [1.82, 2.24) is 0 Å². The lowest BCUT2D eigenvalue weighted by Gasteiger charge is -2.09. The molecule has 0 fully saturated rings. The van der Waals surface area contributed by atoms with E-state index >= 15 is 0 Å². The number of ether oxygens (including phenoxy) is 1. The lowest BCUT2D eigenvalue weighted by atomic mass is 10.2. The van der Waals surface area contributed by atoms with Gasteiger partial charge in [0.05, 0.1) is 4.47 Å². The molecule has 0 bridgehead atoms. The number of nitrogens with two attached hydrogens (primary N) is 1. The van der Waals surface area contributed by atoms with Gasteiger partial charge in [0.15, 0.2) is 0 Å². The minimum atomic E-state index is -0.304. The van der Waals surface area contributed by atoms with Gasteiger partial charge >= 0.3 is 0 Å². The molecule has 0 atom stereocenters. The SMILES string of the molecule is Nc1cc(COc2ccc(F)cc2Br)ccc1Br. The van der Waals surface area contributed by atoms with Crippen molar-refractivity contribution in [2.24, 2.45) is 0 Å². The summed E-state index contributed by atoms with van der Waals surface area (Å²) < 4.78 is 19.9. The van der Waals surface area contributed by atoms with Crippen LogP contribution in [0.1, 0.15) is 5.56 Å². The standard InChI is InChI=1S/C13H10Br2FNO/c14-10-3-1-8(5-12(10)17)7-18-13-4-2-9(16)6-11(13)15/h1-6H,7,17H2. The van der Waals surface area contributed by atoms with E-state index in [0.29, 0.717) is 22.5 Å². The summed E-state index contributed by atoms with van der Waals surface area (Å²) in [4.78, 5) is 0.